The number of hydrogen-bond donors (Lipinski definition) is 1. The van der Waals surface area contributed by atoms with E-state index in [0.717, 1.165) is 41.5 Å². The van der Waals surface area contributed by atoms with Crippen molar-refractivity contribution >= 4 is 21.8 Å². The summed E-state index contributed by atoms with van der Waals surface area (Å²) in [6.07, 6.45) is 1.68. The fourth-order valence-corrected chi connectivity index (χ4v) is 3.94. The highest BCUT2D eigenvalue weighted by atomic mass is 79.9. The third-order valence-corrected chi connectivity index (χ3v) is 5.67. The van der Waals surface area contributed by atoms with Crippen LogP contribution in [0.5, 0.6) is 0 Å². The summed E-state index contributed by atoms with van der Waals surface area (Å²) in [4.78, 5) is 19.2. The molecule has 0 aliphatic carbocycles. The van der Waals surface area contributed by atoms with Crippen LogP contribution in [0.25, 0.3) is 11.4 Å². The molecule has 2 heterocycles. The number of carbonyl (C=O) groups excluding carboxylic acids is 1. The highest BCUT2D eigenvalue weighted by Gasteiger charge is 2.25. The standard InChI is InChI=1S/C22H23BrN4O2/c23-19-8-4-7-18(13-19)21-25-20(29-26-21)15-27-11-9-17(10-12-27)22(28)24-14-16-5-2-1-3-6-16/h1-8,13,17H,9-12,14-15H2,(H,24,28). The highest BCUT2D eigenvalue weighted by Crippen LogP contribution is 2.22. The maximum atomic E-state index is 12.4. The summed E-state index contributed by atoms with van der Waals surface area (Å²) in [7, 11) is 0. The Bertz CT molecular complexity index is 952. The van der Waals surface area contributed by atoms with Crippen molar-refractivity contribution in [3.63, 3.8) is 0 Å². The number of halogens is 1. The molecule has 0 unspecified atom stereocenters. The predicted molar refractivity (Wildman–Crippen MR) is 114 cm³/mol. The molecule has 1 aliphatic heterocycles. The number of piperidine rings is 1. The van der Waals surface area contributed by atoms with Crippen LogP contribution in [0.2, 0.25) is 0 Å². The van der Waals surface area contributed by atoms with Crippen LogP contribution in [0.15, 0.2) is 63.6 Å². The van der Waals surface area contributed by atoms with Gasteiger partial charge in [0.15, 0.2) is 0 Å². The Hall–Kier alpha value is -2.51. The van der Waals surface area contributed by atoms with E-state index in [4.69, 9.17) is 4.52 Å². The molecule has 0 saturated carbocycles. The van der Waals surface area contributed by atoms with Gasteiger partial charge in [-0.2, -0.15) is 4.98 Å². The first-order valence-electron chi connectivity index (χ1n) is 9.80. The van der Waals surface area contributed by atoms with Gasteiger partial charge in [-0.3, -0.25) is 9.69 Å². The molecule has 2 aromatic carbocycles. The minimum absolute atomic E-state index is 0.0647. The zero-order valence-corrected chi connectivity index (χ0v) is 17.6. The molecule has 7 heteroatoms. The van der Waals surface area contributed by atoms with E-state index in [2.05, 4.69) is 36.3 Å². The molecular weight excluding hydrogens is 432 g/mol. The third kappa shape index (κ3) is 5.31. The minimum Gasteiger partial charge on any atom is -0.352 e. The Kier molecular flexibility index (Phi) is 6.36. The SMILES string of the molecule is O=C(NCc1ccccc1)C1CCN(Cc2nc(-c3cccc(Br)c3)no2)CC1. The highest BCUT2D eigenvalue weighted by molar-refractivity contribution is 9.10. The molecule has 6 nitrogen and oxygen atoms in total. The average molecular weight is 455 g/mol. The van der Waals surface area contributed by atoms with E-state index in [-0.39, 0.29) is 11.8 Å². The van der Waals surface area contributed by atoms with Gasteiger partial charge >= 0.3 is 0 Å². The topological polar surface area (TPSA) is 71.3 Å². The van der Waals surface area contributed by atoms with Crippen molar-refractivity contribution in [2.24, 2.45) is 5.92 Å². The molecule has 0 spiro atoms. The fourth-order valence-electron chi connectivity index (χ4n) is 3.54. The second-order valence-electron chi connectivity index (χ2n) is 7.28. The first-order valence-corrected chi connectivity index (χ1v) is 10.6. The smallest absolute Gasteiger partial charge is 0.241 e. The summed E-state index contributed by atoms with van der Waals surface area (Å²) in [6.45, 7) is 2.88. The van der Waals surface area contributed by atoms with Crippen molar-refractivity contribution in [1.29, 1.82) is 0 Å². The van der Waals surface area contributed by atoms with Crippen molar-refractivity contribution in [1.82, 2.24) is 20.4 Å². The molecule has 1 N–H and O–H groups in total. The zero-order chi connectivity index (χ0) is 20.1. The van der Waals surface area contributed by atoms with Crippen LogP contribution in [0, 0.1) is 5.92 Å². The second-order valence-corrected chi connectivity index (χ2v) is 8.19. The summed E-state index contributed by atoms with van der Waals surface area (Å²) in [5.41, 5.74) is 2.04. The second kappa shape index (κ2) is 9.33. The van der Waals surface area contributed by atoms with Crippen LogP contribution in [-0.2, 0) is 17.9 Å². The molecule has 1 aromatic heterocycles. The van der Waals surface area contributed by atoms with Crippen LogP contribution in [0.3, 0.4) is 0 Å². The first-order chi connectivity index (χ1) is 14.2. The third-order valence-electron chi connectivity index (χ3n) is 5.18. The van der Waals surface area contributed by atoms with E-state index >= 15 is 0 Å². The minimum atomic E-state index is 0.0647. The van der Waals surface area contributed by atoms with Gasteiger partial charge in [0.25, 0.3) is 0 Å². The molecule has 0 atom stereocenters. The number of aromatic nitrogens is 2. The van der Waals surface area contributed by atoms with Gasteiger partial charge in [0.1, 0.15) is 0 Å². The molecule has 1 saturated heterocycles. The number of amides is 1. The van der Waals surface area contributed by atoms with E-state index < -0.39 is 0 Å². The summed E-state index contributed by atoms with van der Waals surface area (Å²) in [5.74, 6) is 1.40. The fraction of sp³-hybridized carbons (Fsp3) is 0.318. The molecule has 0 bridgehead atoms. The van der Waals surface area contributed by atoms with Gasteiger partial charge in [0.2, 0.25) is 17.6 Å². The number of rotatable bonds is 6. The van der Waals surface area contributed by atoms with Gasteiger partial charge in [0, 0.05) is 22.5 Å². The number of hydrogen-bond acceptors (Lipinski definition) is 5. The van der Waals surface area contributed by atoms with E-state index in [0.29, 0.717) is 24.8 Å². The zero-order valence-electron chi connectivity index (χ0n) is 16.1. The van der Waals surface area contributed by atoms with Gasteiger partial charge in [0.05, 0.1) is 6.54 Å². The van der Waals surface area contributed by atoms with Gasteiger partial charge in [-0.25, -0.2) is 0 Å². The van der Waals surface area contributed by atoms with Gasteiger partial charge < -0.3 is 9.84 Å². The molecule has 1 fully saturated rings. The monoisotopic (exact) mass is 454 g/mol. The predicted octanol–water partition coefficient (Wildman–Crippen LogP) is 4.03. The maximum absolute atomic E-state index is 12.4. The van der Waals surface area contributed by atoms with Crippen LogP contribution >= 0.6 is 15.9 Å². The average Bonchev–Trinajstić information content (AvgIpc) is 3.22. The normalized spacial score (nSPS) is 15.3. The van der Waals surface area contributed by atoms with E-state index in [9.17, 15) is 4.79 Å². The lowest BCUT2D eigenvalue weighted by Gasteiger charge is -2.30. The van der Waals surface area contributed by atoms with Crippen LogP contribution in [0.4, 0.5) is 0 Å². The lowest BCUT2D eigenvalue weighted by atomic mass is 9.96. The lowest BCUT2D eigenvalue weighted by molar-refractivity contribution is -0.126. The summed E-state index contributed by atoms with van der Waals surface area (Å²) < 4.78 is 6.41. The Morgan fingerprint density at radius 1 is 1.14 bits per heavy atom. The van der Waals surface area contributed by atoms with Crippen LogP contribution < -0.4 is 5.32 Å². The summed E-state index contributed by atoms with van der Waals surface area (Å²) in [5, 5.41) is 7.15. The molecule has 3 aromatic rings. The molecule has 1 aliphatic rings. The number of benzene rings is 2. The maximum Gasteiger partial charge on any atom is 0.241 e. The summed E-state index contributed by atoms with van der Waals surface area (Å²) >= 11 is 3.46. The van der Waals surface area contributed by atoms with Crippen LogP contribution in [-0.4, -0.2) is 34.0 Å². The van der Waals surface area contributed by atoms with Crippen molar-refractivity contribution in [2.45, 2.75) is 25.9 Å². The van der Waals surface area contributed by atoms with E-state index in [1.807, 2.05) is 54.6 Å². The Morgan fingerprint density at radius 2 is 1.93 bits per heavy atom. The van der Waals surface area contributed by atoms with Gasteiger partial charge in [-0.1, -0.05) is 63.6 Å². The van der Waals surface area contributed by atoms with Crippen molar-refractivity contribution in [3.8, 4) is 11.4 Å². The van der Waals surface area contributed by atoms with Crippen molar-refractivity contribution < 1.29 is 9.32 Å². The van der Waals surface area contributed by atoms with E-state index in [1.165, 1.54) is 0 Å². The van der Waals surface area contributed by atoms with Gasteiger partial charge in [-0.15, -0.1) is 0 Å². The van der Waals surface area contributed by atoms with Crippen LogP contribution in [0.1, 0.15) is 24.3 Å². The Labute approximate surface area is 178 Å². The Balaban J connectivity index is 1.25. The molecular formula is C22H23BrN4O2. The Morgan fingerprint density at radius 3 is 2.69 bits per heavy atom. The molecule has 150 valence electrons. The van der Waals surface area contributed by atoms with E-state index in [1.54, 1.807) is 0 Å². The largest absolute Gasteiger partial charge is 0.352 e. The quantitative estimate of drug-likeness (QED) is 0.608. The molecule has 1 amide bonds. The number of carbonyl (C=O) groups is 1. The molecule has 4 rings (SSSR count). The van der Waals surface area contributed by atoms with Crippen molar-refractivity contribution in [3.05, 3.63) is 70.5 Å². The first kappa shape index (κ1) is 19.8. The van der Waals surface area contributed by atoms with Crippen molar-refractivity contribution in [2.75, 3.05) is 13.1 Å². The van der Waals surface area contributed by atoms with Gasteiger partial charge in [-0.05, 0) is 43.6 Å². The number of nitrogens with zero attached hydrogens (tertiary/aromatic N) is 3. The number of likely N-dealkylation sites (tertiary alicyclic amines) is 1. The lowest BCUT2D eigenvalue weighted by Crippen LogP contribution is -2.40. The number of nitrogens with one attached hydrogen (secondary N) is 1. The molecule has 29 heavy (non-hydrogen) atoms. The molecule has 0 radical (unpaired) electrons. The summed E-state index contributed by atoms with van der Waals surface area (Å²) in [6, 6.07) is 17.8.